The van der Waals surface area contributed by atoms with Crippen molar-refractivity contribution >= 4 is 29.2 Å². The van der Waals surface area contributed by atoms with Crippen molar-refractivity contribution in [1.82, 2.24) is 15.1 Å². The van der Waals surface area contributed by atoms with Crippen LogP contribution in [0.25, 0.3) is 0 Å². The topological polar surface area (TPSA) is 71.3 Å². The molecule has 168 valence electrons. The first-order chi connectivity index (χ1) is 15.2. The average Bonchev–Trinajstić information content (AvgIpc) is 3.01. The van der Waals surface area contributed by atoms with E-state index in [-0.39, 0.29) is 5.91 Å². The van der Waals surface area contributed by atoms with E-state index in [1.807, 2.05) is 75.7 Å². The highest BCUT2D eigenvalue weighted by molar-refractivity contribution is 6.31. The fourth-order valence-electron chi connectivity index (χ4n) is 3.68. The minimum absolute atomic E-state index is 0.222. The van der Waals surface area contributed by atoms with Crippen LogP contribution in [0.2, 0.25) is 5.02 Å². The Kier molecular flexibility index (Phi) is 7.36. The monoisotopic (exact) mass is 451 g/mol. The number of guanidine groups is 1. The van der Waals surface area contributed by atoms with Gasteiger partial charge in [-0.25, -0.2) is 4.99 Å². The molecule has 0 bridgehead atoms. The highest BCUT2D eigenvalue weighted by Gasteiger charge is 2.14. The molecule has 0 radical (unpaired) electrons. The van der Waals surface area contributed by atoms with Crippen molar-refractivity contribution in [3.8, 4) is 0 Å². The van der Waals surface area contributed by atoms with Crippen LogP contribution in [-0.2, 0) is 13.1 Å². The van der Waals surface area contributed by atoms with Gasteiger partial charge in [-0.15, -0.1) is 0 Å². The Morgan fingerprint density at radius 2 is 1.75 bits per heavy atom. The molecule has 0 saturated heterocycles. The predicted molar refractivity (Wildman–Crippen MR) is 132 cm³/mol. The van der Waals surface area contributed by atoms with Gasteiger partial charge < -0.3 is 5.32 Å². The zero-order valence-electron chi connectivity index (χ0n) is 19.5. The van der Waals surface area contributed by atoms with Crippen molar-refractivity contribution in [1.29, 1.82) is 0 Å². The summed E-state index contributed by atoms with van der Waals surface area (Å²) < 4.78 is 1.96. The third-order valence-corrected chi connectivity index (χ3v) is 5.63. The Balaban J connectivity index is 1.93. The van der Waals surface area contributed by atoms with E-state index in [4.69, 9.17) is 16.6 Å². The number of benzene rings is 2. The molecule has 0 spiro atoms. The standard InChI is InChI=1S/C25H30ClN5O/c1-7-31-19(6)22(18(5)30-31)14-27-25(28-23-13-21(26)9-8-17(23)4)29-24(32)20-11-15(2)10-16(3)12-20/h8-13H,7,14H2,1-6H3,(H2,27,28,29,32). The number of carbonyl (C=O) groups excluding carboxylic acids is 1. The van der Waals surface area contributed by atoms with Gasteiger partial charge in [0.25, 0.3) is 5.91 Å². The molecule has 2 aromatic carbocycles. The first-order valence-electron chi connectivity index (χ1n) is 10.7. The lowest BCUT2D eigenvalue weighted by Gasteiger charge is -2.14. The van der Waals surface area contributed by atoms with E-state index in [0.717, 1.165) is 45.9 Å². The van der Waals surface area contributed by atoms with E-state index >= 15 is 0 Å². The number of halogens is 1. The Morgan fingerprint density at radius 1 is 1.06 bits per heavy atom. The maximum atomic E-state index is 13.0. The van der Waals surface area contributed by atoms with Crippen LogP contribution in [0.4, 0.5) is 5.69 Å². The van der Waals surface area contributed by atoms with Gasteiger partial charge >= 0.3 is 0 Å². The number of hydrogen-bond donors (Lipinski definition) is 2. The summed E-state index contributed by atoms with van der Waals surface area (Å²) in [7, 11) is 0. The second-order valence-electron chi connectivity index (χ2n) is 8.04. The number of aryl methyl sites for hydroxylation is 5. The Labute approximate surface area is 194 Å². The normalized spacial score (nSPS) is 11.5. The zero-order valence-corrected chi connectivity index (χ0v) is 20.3. The SMILES string of the molecule is CCn1nc(C)c(CN=C(NC(=O)c2cc(C)cc(C)c2)Nc2cc(Cl)ccc2C)c1C. The lowest BCUT2D eigenvalue weighted by molar-refractivity contribution is 0.0976. The molecule has 0 aliphatic carbocycles. The maximum Gasteiger partial charge on any atom is 0.257 e. The van der Waals surface area contributed by atoms with Crippen molar-refractivity contribution in [3.05, 3.63) is 80.6 Å². The zero-order chi connectivity index (χ0) is 23.4. The lowest BCUT2D eigenvalue weighted by Crippen LogP contribution is -2.36. The van der Waals surface area contributed by atoms with E-state index in [1.165, 1.54) is 0 Å². The maximum absolute atomic E-state index is 13.0. The van der Waals surface area contributed by atoms with Gasteiger partial charge in [0.15, 0.2) is 0 Å². The molecule has 3 aromatic rings. The number of aromatic nitrogens is 2. The van der Waals surface area contributed by atoms with Crippen molar-refractivity contribution in [3.63, 3.8) is 0 Å². The number of anilines is 1. The van der Waals surface area contributed by atoms with E-state index < -0.39 is 0 Å². The van der Waals surface area contributed by atoms with E-state index in [2.05, 4.69) is 22.7 Å². The van der Waals surface area contributed by atoms with Crippen LogP contribution in [0.3, 0.4) is 0 Å². The summed E-state index contributed by atoms with van der Waals surface area (Å²) in [6.45, 7) is 13.2. The van der Waals surface area contributed by atoms with Crippen LogP contribution >= 0.6 is 11.6 Å². The fourth-order valence-corrected chi connectivity index (χ4v) is 3.85. The van der Waals surface area contributed by atoms with Crippen LogP contribution in [0.15, 0.2) is 41.4 Å². The second kappa shape index (κ2) is 10.0. The molecule has 0 atom stereocenters. The van der Waals surface area contributed by atoms with Crippen molar-refractivity contribution < 1.29 is 4.79 Å². The number of carbonyl (C=O) groups is 1. The summed E-state index contributed by atoms with van der Waals surface area (Å²) in [5, 5.41) is 11.4. The van der Waals surface area contributed by atoms with E-state index in [9.17, 15) is 4.79 Å². The third kappa shape index (κ3) is 5.56. The fraction of sp³-hybridized carbons (Fsp3) is 0.320. The van der Waals surface area contributed by atoms with Gasteiger partial charge in [-0.05, 0) is 71.4 Å². The Hall–Kier alpha value is -3.12. The van der Waals surface area contributed by atoms with Gasteiger partial charge in [0.1, 0.15) is 0 Å². The molecule has 0 unspecified atom stereocenters. The third-order valence-electron chi connectivity index (χ3n) is 5.39. The molecule has 32 heavy (non-hydrogen) atoms. The summed E-state index contributed by atoms with van der Waals surface area (Å²) in [4.78, 5) is 17.7. The van der Waals surface area contributed by atoms with Gasteiger partial charge in [-0.1, -0.05) is 34.9 Å². The first-order valence-corrected chi connectivity index (χ1v) is 11.1. The minimum atomic E-state index is -0.222. The van der Waals surface area contributed by atoms with Crippen molar-refractivity contribution in [2.75, 3.05) is 5.32 Å². The summed E-state index contributed by atoms with van der Waals surface area (Å²) in [5.41, 5.74) is 7.50. The van der Waals surface area contributed by atoms with Gasteiger partial charge in [-0.2, -0.15) is 5.10 Å². The molecular weight excluding hydrogens is 422 g/mol. The molecule has 2 N–H and O–H groups in total. The van der Waals surface area contributed by atoms with Crippen LogP contribution in [0, 0.1) is 34.6 Å². The quantitative estimate of drug-likeness (QED) is 0.397. The number of nitrogens with zero attached hydrogens (tertiary/aromatic N) is 3. The van der Waals surface area contributed by atoms with Gasteiger partial charge in [0.05, 0.1) is 12.2 Å². The Bertz CT molecular complexity index is 1160. The molecule has 0 aliphatic rings. The summed E-state index contributed by atoms with van der Waals surface area (Å²) in [6, 6.07) is 11.3. The molecule has 1 heterocycles. The summed E-state index contributed by atoms with van der Waals surface area (Å²) in [6.07, 6.45) is 0. The smallest absolute Gasteiger partial charge is 0.257 e. The second-order valence-corrected chi connectivity index (χ2v) is 8.48. The molecule has 1 amide bonds. The number of nitrogens with one attached hydrogen (secondary N) is 2. The van der Waals surface area contributed by atoms with Crippen LogP contribution in [0.5, 0.6) is 0 Å². The molecular formula is C25H30ClN5O. The summed E-state index contributed by atoms with van der Waals surface area (Å²) in [5.74, 6) is 0.142. The number of aliphatic imine (C=N–C) groups is 1. The van der Waals surface area contributed by atoms with Gasteiger partial charge in [0.2, 0.25) is 5.96 Å². The lowest BCUT2D eigenvalue weighted by atomic mass is 10.1. The van der Waals surface area contributed by atoms with Crippen molar-refractivity contribution in [2.45, 2.75) is 54.6 Å². The van der Waals surface area contributed by atoms with E-state index in [0.29, 0.717) is 23.1 Å². The highest BCUT2D eigenvalue weighted by Crippen LogP contribution is 2.21. The largest absolute Gasteiger partial charge is 0.326 e. The number of amides is 1. The molecule has 3 rings (SSSR count). The van der Waals surface area contributed by atoms with Crippen LogP contribution < -0.4 is 10.6 Å². The van der Waals surface area contributed by atoms with E-state index in [1.54, 1.807) is 0 Å². The molecule has 0 saturated carbocycles. The number of hydrogen-bond acceptors (Lipinski definition) is 3. The molecule has 0 aliphatic heterocycles. The molecule has 7 heteroatoms. The highest BCUT2D eigenvalue weighted by atomic mass is 35.5. The predicted octanol–water partition coefficient (Wildman–Crippen LogP) is 5.50. The van der Waals surface area contributed by atoms with Crippen LogP contribution in [-0.4, -0.2) is 21.6 Å². The molecule has 0 fully saturated rings. The summed E-state index contributed by atoms with van der Waals surface area (Å²) >= 11 is 6.19. The van der Waals surface area contributed by atoms with Crippen LogP contribution in [0.1, 0.15) is 50.9 Å². The Morgan fingerprint density at radius 3 is 2.38 bits per heavy atom. The average molecular weight is 452 g/mol. The van der Waals surface area contributed by atoms with Gasteiger partial charge in [0, 0.05) is 34.1 Å². The number of rotatable bonds is 5. The molecule has 1 aromatic heterocycles. The molecule has 6 nitrogen and oxygen atoms in total. The van der Waals surface area contributed by atoms with Gasteiger partial charge in [-0.3, -0.25) is 14.8 Å². The van der Waals surface area contributed by atoms with Crippen molar-refractivity contribution in [2.24, 2.45) is 4.99 Å². The first kappa shape index (κ1) is 23.5. The minimum Gasteiger partial charge on any atom is -0.326 e.